The second kappa shape index (κ2) is 14.2. The van der Waals surface area contributed by atoms with Crippen molar-refractivity contribution in [1.29, 1.82) is 0 Å². The summed E-state index contributed by atoms with van der Waals surface area (Å²) in [6.45, 7) is -0.469. The van der Waals surface area contributed by atoms with Gasteiger partial charge in [-0.1, -0.05) is 18.2 Å². The summed E-state index contributed by atoms with van der Waals surface area (Å²) in [4.78, 5) is 66.5. The van der Waals surface area contributed by atoms with Crippen LogP contribution < -0.4 is 33.2 Å². The summed E-state index contributed by atoms with van der Waals surface area (Å²) in [6, 6.07) is 3.74. The topological polar surface area (TPSA) is 268 Å². The summed E-state index contributed by atoms with van der Waals surface area (Å²) in [5.74, 6) is -5.36. The van der Waals surface area contributed by atoms with Gasteiger partial charge in [-0.3, -0.25) is 24.2 Å². The molecule has 0 saturated carbocycles. The summed E-state index contributed by atoms with van der Waals surface area (Å²) in [7, 11) is 0. The number of carboxylic acid groups (broad SMARTS) is 2. The lowest BCUT2D eigenvalue weighted by molar-refractivity contribution is -0.147. The molecule has 3 unspecified atom stereocenters. The van der Waals surface area contributed by atoms with Crippen LogP contribution in [0.15, 0.2) is 35.5 Å². The SMILES string of the molecule is NC(N)=NCCCC(NC(=O)C(N)Cc1c[nH]c2ccccc12)C(=O)NCC(=O)NC(CC(=O)O)C(=O)O. The van der Waals surface area contributed by atoms with E-state index in [1.165, 1.54) is 0 Å². The average molecular weight is 533 g/mol. The van der Waals surface area contributed by atoms with Crippen LogP contribution in [0.1, 0.15) is 24.8 Å². The third-order valence-corrected chi connectivity index (χ3v) is 5.47. The van der Waals surface area contributed by atoms with Crippen LogP contribution in [-0.4, -0.2) is 82.0 Å². The van der Waals surface area contributed by atoms with Crippen LogP contribution in [-0.2, 0) is 30.4 Å². The fourth-order valence-corrected chi connectivity index (χ4v) is 3.59. The molecule has 3 atom stereocenters. The fraction of sp³-hybridized carbons (Fsp3) is 0.391. The van der Waals surface area contributed by atoms with Crippen LogP contribution in [0, 0.1) is 0 Å². The summed E-state index contributed by atoms with van der Waals surface area (Å²) in [6.07, 6.45) is 1.52. The average Bonchev–Trinajstić information content (AvgIpc) is 3.26. The van der Waals surface area contributed by atoms with Gasteiger partial charge in [0.25, 0.3) is 0 Å². The molecule has 0 radical (unpaired) electrons. The number of guanidine groups is 1. The number of aromatic amines is 1. The number of fused-ring (bicyclic) bond motifs is 1. The number of para-hydroxylation sites is 1. The molecule has 0 aliphatic rings. The predicted molar refractivity (Wildman–Crippen MR) is 137 cm³/mol. The number of aliphatic imine (C=N–C) groups is 1. The van der Waals surface area contributed by atoms with E-state index in [0.29, 0.717) is 6.42 Å². The van der Waals surface area contributed by atoms with Crippen LogP contribution in [0.3, 0.4) is 0 Å². The lowest BCUT2D eigenvalue weighted by Crippen LogP contribution is -2.54. The Kier molecular flexibility index (Phi) is 11.0. The summed E-state index contributed by atoms with van der Waals surface area (Å²) in [5.41, 5.74) is 18.4. The molecule has 2 aromatic rings. The molecule has 1 aromatic carbocycles. The van der Waals surface area contributed by atoms with Crippen LogP contribution in [0.2, 0.25) is 0 Å². The number of hydrogen-bond acceptors (Lipinski definition) is 7. The first kappa shape index (κ1) is 29.6. The largest absolute Gasteiger partial charge is 0.481 e. The van der Waals surface area contributed by atoms with Gasteiger partial charge in [0.05, 0.1) is 19.0 Å². The Morgan fingerprint density at radius 1 is 1.00 bits per heavy atom. The molecule has 1 heterocycles. The number of H-pyrrole nitrogens is 1. The van der Waals surface area contributed by atoms with Crippen molar-refractivity contribution in [3.63, 3.8) is 0 Å². The minimum absolute atomic E-state index is 0.104. The minimum atomic E-state index is -1.67. The Morgan fingerprint density at radius 2 is 1.71 bits per heavy atom. The van der Waals surface area contributed by atoms with E-state index in [1.54, 1.807) is 6.20 Å². The number of nitrogens with two attached hydrogens (primary N) is 3. The maximum Gasteiger partial charge on any atom is 0.326 e. The highest BCUT2D eigenvalue weighted by Crippen LogP contribution is 2.18. The zero-order valence-electron chi connectivity index (χ0n) is 20.5. The molecule has 0 spiro atoms. The predicted octanol–water partition coefficient (Wildman–Crippen LogP) is -2.26. The van der Waals surface area contributed by atoms with Crippen LogP contribution in [0.25, 0.3) is 10.9 Å². The van der Waals surface area contributed by atoms with Gasteiger partial charge in [0.2, 0.25) is 17.7 Å². The monoisotopic (exact) mass is 532 g/mol. The summed E-state index contributed by atoms with van der Waals surface area (Å²) in [5, 5.41) is 25.6. The molecule has 0 fully saturated rings. The number of aromatic nitrogens is 1. The molecule has 0 aliphatic carbocycles. The van der Waals surface area contributed by atoms with Gasteiger partial charge < -0.3 is 48.3 Å². The zero-order valence-corrected chi connectivity index (χ0v) is 20.5. The van der Waals surface area contributed by atoms with Gasteiger partial charge >= 0.3 is 11.9 Å². The highest BCUT2D eigenvalue weighted by molar-refractivity contribution is 5.93. The minimum Gasteiger partial charge on any atom is -0.481 e. The van der Waals surface area contributed by atoms with Crippen LogP contribution in [0.5, 0.6) is 0 Å². The van der Waals surface area contributed by atoms with E-state index in [1.807, 2.05) is 29.6 Å². The number of aliphatic carboxylic acids is 2. The number of nitrogens with one attached hydrogen (secondary N) is 4. The lowest BCUT2D eigenvalue weighted by Gasteiger charge is -2.21. The fourth-order valence-electron chi connectivity index (χ4n) is 3.59. The third kappa shape index (κ3) is 9.42. The number of carbonyl (C=O) groups is 5. The van der Waals surface area contributed by atoms with Crippen molar-refractivity contribution in [2.45, 2.75) is 43.8 Å². The Morgan fingerprint density at radius 3 is 2.37 bits per heavy atom. The molecule has 206 valence electrons. The molecule has 3 amide bonds. The van der Waals surface area contributed by atoms with Gasteiger partial charge in [0, 0.05) is 23.6 Å². The summed E-state index contributed by atoms with van der Waals surface area (Å²) < 4.78 is 0. The third-order valence-electron chi connectivity index (χ3n) is 5.47. The van der Waals surface area contributed by atoms with Crippen LogP contribution in [0.4, 0.5) is 0 Å². The van der Waals surface area contributed by atoms with Crippen molar-refractivity contribution in [2.75, 3.05) is 13.1 Å². The Bertz CT molecular complexity index is 1190. The van der Waals surface area contributed by atoms with Crippen molar-refractivity contribution >= 4 is 46.5 Å². The first-order valence-electron chi connectivity index (χ1n) is 11.7. The molecule has 38 heavy (non-hydrogen) atoms. The smallest absolute Gasteiger partial charge is 0.326 e. The highest BCUT2D eigenvalue weighted by atomic mass is 16.4. The normalized spacial score (nSPS) is 13.1. The molecule has 15 nitrogen and oxygen atoms in total. The van der Waals surface area contributed by atoms with Crippen molar-refractivity contribution in [1.82, 2.24) is 20.9 Å². The summed E-state index contributed by atoms with van der Waals surface area (Å²) >= 11 is 0. The Balaban J connectivity index is 2.01. The van der Waals surface area contributed by atoms with Gasteiger partial charge in [-0.25, -0.2) is 4.79 Å². The van der Waals surface area contributed by atoms with E-state index >= 15 is 0 Å². The van der Waals surface area contributed by atoms with Gasteiger partial charge in [-0.15, -0.1) is 0 Å². The van der Waals surface area contributed by atoms with E-state index in [-0.39, 0.29) is 25.3 Å². The van der Waals surface area contributed by atoms with Gasteiger partial charge in [-0.05, 0) is 30.9 Å². The number of carboxylic acids is 2. The molecule has 0 aliphatic heterocycles. The number of benzene rings is 1. The standard InChI is InChI=1S/C23H32N8O7/c24-14(8-12-10-28-15-5-2-1-4-13(12)15)20(35)31-16(6-3-7-27-23(25)26)21(36)29-11-18(32)30-17(22(37)38)9-19(33)34/h1-2,4-5,10,14,16-17,28H,3,6-9,11,24H2,(H,29,36)(H,30,32)(H,31,35)(H,33,34)(H,37,38)(H4,25,26,27). The molecular weight excluding hydrogens is 500 g/mol. The van der Waals surface area contributed by atoms with E-state index in [2.05, 4.69) is 20.6 Å². The van der Waals surface area contributed by atoms with Crippen molar-refractivity contribution in [2.24, 2.45) is 22.2 Å². The molecule has 12 N–H and O–H groups in total. The van der Waals surface area contributed by atoms with E-state index in [9.17, 15) is 24.0 Å². The number of rotatable bonds is 15. The van der Waals surface area contributed by atoms with Gasteiger partial charge in [0.15, 0.2) is 5.96 Å². The van der Waals surface area contributed by atoms with E-state index in [4.69, 9.17) is 27.4 Å². The second-order valence-corrected chi connectivity index (χ2v) is 8.45. The molecule has 0 bridgehead atoms. The van der Waals surface area contributed by atoms with Crippen molar-refractivity contribution in [3.05, 3.63) is 36.0 Å². The van der Waals surface area contributed by atoms with Gasteiger partial charge in [0.1, 0.15) is 12.1 Å². The number of hydrogen-bond donors (Lipinski definition) is 9. The molecule has 1 aromatic heterocycles. The number of nitrogens with zero attached hydrogens (tertiary/aromatic N) is 1. The second-order valence-electron chi connectivity index (χ2n) is 8.45. The molecule has 2 rings (SSSR count). The Labute approximate surface area is 217 Å². The van der Waals surface area contributed by atoms with E-state index in [0.717, 1.165) is 16.5 Å². The molecule has 15 heteroatoms. The Hall–Kier alpha value is -4.66. The maximum absolute atomic E-state index is 12.8. The number of amides is 3. The quantitative estimate of drug-likeness (QED) is 0.0674. The lowest BCUT2D eigenvalue weighted by atomic mass is 10.0. The molecular formula is C23H32N8O7. The molecule has 0 saturated heterocycles. The highest BCUT2D eigenvalue weighted by Gasteiger charge is 2.26. The van der Waals surface area contributed by atoms with E-state index < -0.39 is 60.8 Å². The first-order chi connectivity index (χ1) is 18.0. The van der Waals surface area contributed by atoms with Crippen molar-refractivity contribution < 1.29 is 34.2 Å². The van der Waals surface area contributed by atoms with Crippen molar-refractivity contribution in [3.8, 4) is 0 Å². The van der Waals surface area contributed by atoms with Gasteiger partial charge in [-0.2, -0.15) is 0 Å². The van der Waals surface area contributed by atoms with Crippen LogP contribution >= 0.6 is 0 Å². The zero-order chi connectivity index (χ0) is 28.2. The number of carbonyl (C=O) groups excluding carboxylic acids is 3. The first-order valence-corrected chi connectivity index (χ1v) is 11.7. The maximum atomic E-state index is 12.8.